The van der Waals surface area contributed by atoms with Crippen LogP contribution in [-0.2, 0) is 0 Å². The van der Waals surface area contributed by atoms with Crippen LogP contribution in [0.4, 0.5) is 4.39 Å². The maximum absolute atomic E-state index is 13.6. The van der Waals surface area contributed by atoms with Gasteiger partial charge in [0.1, 0.15) is 5.82 Å². The molecule has 1 aliphatic rings. The number of benzene rings is 1. The fourth-order valence-electron chi connectivity index (χ4n) is 2.11. The van der Waals surface area contributed by atoms with Gasteiger partial charge in [0.05, 0.1) is 18.2 Å². The number of hydrogen-bond acceptors (Lipinski definition) is 2. The standard InChI is InChI=1S/C12H13ClFNO2/c13-8-3-4-10(11(14)6-8)12(17)15-5-1-2-9(15)7-16/h3-4,6,9,16H,1-2,5,7H2/t9-/m1/s1. The predicted octanol–water partition coefficient (Wildman–Crippen LogP) is 2.08. The quantitative estimate of drug-likeness (QED) is 0.881. The number of rotatable bonds is 2. The smallest absolute Gasteiger partial charge is 0.257 e. The summed E-state index contributed by atoms with van der Waals surface area (Å²) in [4.78, 5) is 13.6. The summed E-state index contributed by atoms with van der Waals surface area (Å²) in [5, 5.41) is 9.40. The molecule has 0 spiro atoms. The summed E-state index contributed by atoms with van der Waals surface area (Å²) >= 11 is 5.63. The zero-order valence-corrected chi connectivity index (χ0v) is 9.95. The van der Waals surface area contributed by atoms with Crippen molar-refractivity contribution >= 4 is 17.5 Å². The Kier molecular flexibility index (Phi) is 3.64. The van der Waals surface area contributed by atoms with Crippen LogP contribution in [0.1, 0.15) is 23.2 Å². The molecule has 1 aliphatic heterocycles. The van der Waals surface area contributed by atoms with Gasteiger partial charge in [-0.1, -0.05) is 11.6 Å². The molecule has 1 aromatic carbocycles. The minimum absolute atomic E-state index is 0.00903. The lowest BCUT2D eigenvalue weighted by atomic mass is 10.1. The van der Waals surface area contributed by atoms with Gasteiger partial charge in [0.25, 0.3) is 5.91 Å². The van der Waals surface area contributed by atoms with E-state index in [1.165, 1.54) is 17.0 Å². The second-order valence-corrected chi connectivity index (χ2v) is 4.54. The first-order valence-electron chi connectivity index (χ1n) is 5.50. The van der Waals surface area contributed by atoms with Gasteiger partial charge in [0.2, 0.25) is 0 Å². The average Bonchev–Trinajstić information content (AvgIpc) is 2.76. The highest BCUT2D eigenvalue weighted by Crippen LogP contribution is 2.22. The Morgan fingerprint density at radius 1 is 1.59 bits per heavy atom. The summed E-state index contributed by atoms with van der Waals surface area (Å²) in [6.07, 6.45) is 1.60. The van der Waals surface area contributed by atoms with Crippen LogP contribution >= 0.6 is 11.6 Å². The first kappa shape index (κ1) is 12.3. The van der Waals surface area contributed by atoms with Crippen molar-refractivity contribution in [1.82, 2.24) is 4.90 Å². The Hall–Kier alpha value is -1.13. The lowest BCUT2D eigenvalue weighted by Gasteiger charge is -2.23. The van der Waals surface area contributed by atoms with Gasteiger partial charge >= 0.3 is 0 Å². The maximum Gasteiger partial charge on any atom is 0.257 e. The van der Waals surface area contributed by atoms with Crippen molar-refractivity contribution in [3.63, 3.8) is 0 Å². The zero-order valence-electron chi connectivity index (χ0n) is 9.20. The van der Waals surface area contributed by atoms with Crippen LogP contribution in [0.25, 0.3) is 0 Å². The third-order valence-electron chi connectivity index (χ3n) is 3.01. The van der Waals surface area contributed by atoms with E-state index in [0.717, 1.165) is 18.9 Å². The number of amides is 1. The van der Waals surface area contributed by atoms with Gasteiger partial charge in [0.15, 0.2) is 0 Å². The molecule has 5 heteroatoms. The summed E-state index contributed by atoms with van der Waals surface area (Å²) in [5.74, 6) is -0.998. The molecule has 1 aromatic rings. The number of likely N-dealkylation sites (tertiary alicyclic amines) is 1. The number of aliphatic hydroxyl groups is 1. The SMILES string of the molecule is O=C(c1ccc(Cl)cc1F)N1CCC[C@@H]1CO. The fraction of sp³-hybridized carbons (Fsp3) is 0.417. The number of carbonyl (C=O) groups excluding carboxylic acids is 1. The summed E-state index contributed by atoms with van der Waals surface area (Å²) in [6, 6.07) is 3.80. The van der Waals surface area contributed by atoms with Crippen LogP contribution in [0, 0.1) is 5.82 Å². The highest BCUT2D eigenvalue weighted by molar-refractivity contribution is 6.30. The topological polar surface area (TPSA) is 40.5 Å². The molecule has 2 rings (SSSR count). The first-order chi connectivity index (χ1) is 8.13. The number of hydrogen-bond donors (Lipinski definition) is 1. The van der Waals surface area contributed by atoms with Crippen molar-refractivity contribution < 1.29 is 14.3 Å². The molecule has 1 N–H and O–H groups in total. The largest absolute Gasteiger partial charge is 0.394 e. The molecule has 0 aromatic heterocycles. The molecule has 1 saturated heterocycles. The van der Waals surface area contributed by atoms with Crippen molar-refractivity contribution in [2.24, 2.45) is 0 Å². The molecule has 0 unspecified atom stereocenters. The minimum Gasteiger partial charge on any atom is -0.394 e. The molecule has 92 valence electrons. The van der Waals surface area contributed by atoms with Gasteiger partial charge in [0, 0.05) is 11.6 Å². The first-order valence-corrected chi connectivity index (χ1v) is 5.88. The van der Waals surface area contributed by atoms with Gasteiger partial charge < -0.3 is 10.0 Å². The predicted molar refractivity (Wildman–Crippen MR) is 62.6 cm³/mol. The molecule has 0 bridgehead atoms. The summed E-state index contributed by atoms with van der Waals surface area (Å²) in [5.41, 5.74) is 0.00903. The van der Waals surface area contributed by atoms with Crippen LogP contribution in [0.2, 0.25) is 5.02 Å². The molecule has 1 atom stereocenters. The molecule has 0 aliphatic carbocycles. The van der Waals surface area contributed by atoms with Crippen molar-refractivity contribution in [3.8, 4) is 0 Å². The van der Waals surface area contributed by atoms with Gasteiger partial charge in [-0.15, -0.1) is 0 Å². The van der Waals surface area contributed by atoms with Gasteiger partial charge in [-0.2, -0.15) is 0 Å². The number of carbonyl (C=O) groups is 1. The van der Waals surface area contributed by atoms with E-state index < -0.39 is 5.82 Å². The van der Waals surface area contributed by atoms with Crippen LogP contribution in [0.5, 0.6) is 0 Å². The molecular formula is C12H13ClFNO2. The Morgan fingerprint density at radius 2 is 2.35 bits per heavy atom. The minimum atomic E-state index is -0.619. The van der Waals surface area contributed by atoms with Crippen molar-refractivity contribution in [1.29, 1.82) is 0 Å². The molecule has 17 heavy (non-hydrogen) atoms. The van der Waals surface area contributed by atoms with E-state index in [0.29, 0.717) is 6.54 Å². The molecule has 1 amide bonds. The highest BCUT2D eigenvalue weighted by atomic mass is 35.5. The van der Waals surface area contributed by atoms with Crippen molar-refractivity contribution in [2.45, 2.75) is 18.9 Å². The number of aliphatic hydroxyl groups excluding tert-OH is 1. The second kappa shape index (κ2) is 5.02. The van der Waals surface area contributed by atoms with E-state index >= 15 is 0 Å². The molecule has 3 nitrogen and oxygen atoms in total. The van der Waals surface area contributed by atoms with E-state index in [2.05, 4.69) is 0 Å². The van der Waals surface area contributed by atoms with E-state index in [9.17, 15) is 9.18 Å². The van der Waals surface area contributed by atoms with Gasteiger partial charge in [-0.25, -0.2) is 4.39 Å². The summed E-state index contributed by atoms with van der Waals surface area (Å²) in [6.45, 7) is 0.479. The van der Waals surface area contributed by atoms with Crippen LogP contribution < -0.4 is 0 Å². The number of nitrogens with zero attached hydrogens (tertiary/aromatic N) is 1. The normalized spacial score (nSPS) is 19.7. The number of halogens is 2. The Balaban J connectivity index is 2.24. The Bertz CT molecular complexity index is 439. The zero-order chi connectivity index (χ0) is 12.4. The molecular weight excluding hydrogens is 245 g/mol. The third-order valence-corrected chi connectivity index (χ3v) is 3.25. The van der Waals surface area contributed by atoms with E-state index in [1.807, 2.05) is 0 Å². The van der Waals surface area contributed by atoms with Crippen LogP contribution in [-0.4, -0.2) is 35.1 Å². The monoisotopic (exact) mass is 257 g/mol. The van der Waals surface area contributed by atoms with Gasteiger partial charge in [-0.3, -0.25) is 4.79 Å². The second-order valence-electron chi connectivity index (χ2n) is 4.10. The van der Waals surface area contributed by atoms with Crippen molar-refractivity contribution in [3.05, 3.63) is 34.6 Å². The highest BCUT2D eigenvalue weighted by Gasteiger charge is 2.30. The lowest BCUT2D eigenvalue weighted by molar-refractivity contribution is 0.0673. The molecule has 1 fully saturated rings. The molecule has 1 heterocycles. The lowest BCUT2D eigenvalue weighted by Crippen LogP contribution is -2.38. The maximum atomic E-state index is 13.6. The van der Waals surface area contributed by atoms with Crippen molar-refractivity contribution in [2.75, 3.05) is 13.2 Å². The summed E-state index contributed by atoms with van der Waals surface area (Å²) < 4.78 is 13.6. The van der Waals surface area contributed by atoms with Gasteiger partial charge in [-0.05, 0) is 31.0 Å². The van der Waals surface area contributed by atoms with E-state index in [4.69, 9.17) is 16.7 Å². The average molecular weight is 258 g/mol. The summed E-state index contributed by atoms with van der Waals surface area (Å²) in [7, 11) is 0. The van der Waals surface area contributed by atoms with E-state index in [-0.39, 0.29) is 29.1 Å². The molecule has 0 radical (unpaired) electrons. The van der Waals surface area contributed by atoms with E-state index in [1.54, 1.807) is 0 Å². The Morgan fingerprint density at radius 3 is 3.00 bits per heavy atom. The molecule has 0 saturated carbocycles. The third kappa shape index (κ3) is 2.42. The fourth-order valence-corrected chi connectivity index (χ4v) is 2.27. The Labute approximate surface area is 104 Å². The van der Waals surface area contributed by atoms with Crippen LogP contribution in [0.15, 0.2) is 18.2 Å². The van der Waals surface area contributed by atoms with Crippen LogP contribution in [0.3, 0.4) is 0 Å².